The summed E-state index contributed by atoms with van der Waals surface area (Å²) in [4.78, 5) is 37.2. The van der Waals surface area contributed by atoms with Gasteiger partial charge in [0.1, 0.15) is 6.04 Å². The summed E-state index contributed by atoms with van der Waals surface area (Å²) in [6.45, 7) is 0.534. The van der Waals surface area contributed by atoms with Crippen molar-refractivity contribution in [1.29, 1.82) is 0 Å². The van der Waals surface area contributed by atoms with Crippen molar-refractivity contribution in [3.63, 3.8) is 0 Å². The van der Waals surface area contributed by atoms with Gasteiger partial charge in [-0.2, -0.15) is 13.5 Å². The maximum Gasteiger partial charge on any atom is 0.418 e. The van der Waals surface area contributed by atoms with Gasteiger partial charge in [-0.05, 0) is 19.3 Å². The number of hydroxylamine groups is 2. The zero-order valence-corrected chi connectivity index (χ0v) is 12.9. The molecule has 0 aromatic carbocycles. The van der Waals surface area contributed by atoms with Crippen molar-refractivity contribution in [3.05, 3.63) is 0 Å². The van der Waals surface area contributed by atoms with Gasteiger partial charge in [-0.3, -0.25) is 24.6 Å². The lowest BCUT2D eigenvalue weighted by atomic mass is 10.0. The van der Waals surface area contributed by atoms with Gasteiger partial charge in [0.25, 0.3) is 5.91 Å². The van der Waals surface area contributed by atoms with Crippen molar-refractivity contribution >= 4 is 28.2 Å². The highest BCUT2D eigenvalue weighted by molar-refractivity contribution is 7.80. The van der Waals surface area contributed by atoms with E-state index in [2.05, 4.69) is 9.71 Å². The number of rotatable bonds is 4. The monoisotopic (exact) mass is 348 g/mol. The second-order valence-corrected chi connectivity index (χ2v) is 6.64. The Hall–Kier alpha value is -1.92. The predicted octanol–water partition coefficient (Wildman–Crippen LogP) is -1.36. The Morgan fingerprint density at radius 1 is 1.30 bits per heavy atom. The third-order valence-electron chi connectivity index (χ3n) is 4.12. The van der Waals surface area contributed by atoms with Crippen LogP contribution in [-0.4, -0.2) is 71.0 Å². The molecule has 3 aliphatic heterocycles. The SMILES string of the molecule is O=C(NN1CCCC1=O)C1CCC2CN1C(=O)N2OS(=O)(=O)O. The minimum absolute atomic E-state index is 0.111. The molecule has 4 amide bonds. The number of nitrogens with zero attached hydrogens (tertiary/aromatic N) is 3. The summed E-state index contributed by atoms with van der Waals surface area (Å²) in [5.41, 5.74) is 2.49. The minimum Gasteiger partial charge on any atom is -0.309 e. The average molecular weight is 348 g/mol. The van der Waals surface area contributed by atoms with Crippen LogP contribution in [-0.2, 0) is 24.3 Å². The number of carbonyl (C=O) groups excluding carboxylic acids is 3. The molecule has 3 fully saturated rings. The molecule has 12 heteroatoms. The van der Waals surface area contributed by atoms with Crippen LogP contribution in [0.3, 0.4) is 0 Å². The molecule has 23 heavy (non-hydrogen) atoms. The Morgan fingerprint density at radius 3 is 2.65 bits per heavy atom. The predicted molar refractivity (Wildman–Crippen MR) is 72.5 cm³/mol. The number of urea groups is 1. The first-order valence-corrected chi connectivity index (χ1v) is 8.50. The molecule has 2 atom stereocenters. The quantitative estimate of drug-likeness (QED) is 0.599. The molecule has 2 N–H and O–H groups in total. The molecule has 3 aliphatic rings. The first kappa shape index (κ1) is 16.0. The Bertz CT molecular complexity index is 651. The molecule has 0 saturated carbocycles. The van der Waals surface area contributed by atoms with E-state index in [1.165, 1.54) is 9.91 Å². The zero-order valence-electron chi connectivity index (χ0n) is 12.0. The number of fused-ring (bicyclic) bond motifs is 2. The van der Waals surface area contributed by atoms with Gasteiger partial charge in [0.15, 0.2) is 0 Å². The smallest absolute Gasteiger partial charge is 0.309 e. The van der Waals surface area contributed by atoms with Crippen molar-refractivity contribution in [2.45, 2.75) is 37.8 Å². The maximum absolute atomic E-state index is 12.3. The molecule has 0 spiro atoms. The fraction of sp³-hybridized carbons (Fsp3) is 0.727. The molecular weight excluding hydrogens is 332 g/mol. The zero-order chi connectivity index (χ0) is 16.8. The Morgan fingerprint density at radius 2 is 2.04 bits per heavy atom. The van der Waals surface area contributed by atoms with Crippen LogP contribution in [0.25, 0.3) is 0 Å². The summed E-state index contributed by atoms with van der Waals surface area (Å²) in [5, 5.41) is 1.80. The van der Waals surface area contributed by atoms with E-state index in [1.807, 2.05) is 0 Å². The second-order valence-electron chi connectivity index (χ2n) is 5.63. The van der Waals surface area contributed by atoms with E-state index in [1.54, 1.807) is 0 Å². The van der Waals surface area contributed by atoms with E-state index in [4.69, 9.17) is 4.55 Å². The van der Waals surface area contributed by atoms with Gasteiger partial charge >= 0.3 is 16.4 Å². The highest BCUT2D eigenvalue weighted by atomic mass is 32.3. The third kappa shape index (κ3) is 3.09. The van der Waals surface area contributed by atoms with Gasteiger partial charge in [0, 0.05) is 19.5 Å². The molecule has 0 aromatic heterocycles. The number of amides is 4. The number of carbonyl (C=O) groups is 3. The third-order valence-corrected chi connectivity index (χ3v) is 4.47. The van der Waals surface area contributed by atoms with Crippen LogP contribution in [0.2, 0.25) is 0 Å². The maximum atomic E-state index is 12.3. The first-order valence-electron chi connectivity index (χ1n) is 7.14. The van der Waals surface area contributed by atoms with Crippen LogP contribution in [0, 0.1) is 0 Å². The van der Waals surface area contributed by atoms with Crippen LogP contribution in [0.5, 0.6) is 0 Å². The summed E-state index contributed by atoms with van der Waals surface area (Å²) in [6.07, 6.45) is 1.66. The molecule has 3 rings (SSSR count). The number of hydrogen-bond donors (Lipinski definition) is 2. The van der Waals surface area contributed by atoms with Crippen LogP contribution in [0.4, 0.5) is 4.79 Å². The van der Waals surface area contributed by atoms with Crippen LogP contribution < -0.4 is 5.43 Å². The van der Waals surface area contributed by atoms with Crippen molar-refractivity contribution in [3.8, 4) is 0 Å². The van der Waals surface area contributed by atoms with E-state index in [0.29, 0.717) is 37.3 Å². The highest BCUT2D eigenvalue weighted by Crippen LogP contribution is 2.30. The normalized spacial score (nSPS) is 27.8. The fourth-order valence-electron chi connectivity index (χ4n) is 3.08. The van der Waals surface area contributed by atoms with Crippen molar-refractivity contribution in [2.24, 2.45) is 0 Å². The molecule has 2 unspecified atom stereocenters. The highest BCUT2D eigenvalue weighted by Gasteiger charge is 2.49. The molecule has 128 valence electrons. The summed E-state index contributed by atoms with van der Waals surface area (Å²) < 4.78 is 34.6. The van der Waals surface area contributed by atoms with Gasteiger partial charge in [0.2, 0.25) is 5.91 Å². The van der Waals surface area contributed by atoms with Gasteiger partial charge < -0.3 is 4.90 Å². The van der Waals surface area contributed by atoms with E-state index >= 15 is 0 Å². The lowest BCUT2D eigenvalue weighted by Crippen LogP contribution is -2.54. The van der Waals surface area contributed by atoms with Gasteiger partial charge in [-0.15, -0.1) is 4.28 Å². The molecule has 0 aromatic rings. The van der Waals surface area contributed by atoms with E-state index < -0.39 is 34.4 Å². The average Bonchev–Trinajstić information content (AvgIpc) is 2.96. The number of hydrazine groups is 1. The lowest BCUT2D eigenvalue weighted by molar-refractivity contribution is -0.140. The summed E-state index contributed by atoms with van der Waals surface area (Å²) in [7, 11) is -4.82. The van der Waals surface area contributed by atoms with Gasteiger partial charge in [-0.25, -0.2) is 4.79 Å². The van der Waals surface area contributed by atoms with E-state index in [0.717, 1.165) is 0 Å². The van der Waals surface area contributed by atoms with Crippen molar-refractivity contribution in [2.75, 3.05) is 13.1 Å². The molecule has 3 heterocycles. The van der Waals surface area contributed by atoms with E-state index in [9.17, 15) is 22.8 Å². The standard InChI is InChI=1S/C11H16N4O7S/c16-9-2-1-5-14(9)12-10(17)8-4-3-7-6-13(8)11(18)15(7)22-23(19,20)21/h7-8H,1-6H2,(H,12,17)(H,19,20,21). The summed E-state index contributed by atoms with van der Waals surface area (Å²) in [6, 6.07) is -2.18. The number of hydrogen-bond acceptors (Lipinski definition) is 6. The largest absolute Gasteiger partial charge is 0.418 e. The second kappa shape index (κ2) is 5.62. The van der Waals surface area contributed by atoms with Gasteiger partial charge in [-0.1, -0.05) is 0 Å². The van der Waals surface area contributed by atoms with Crippen LogP contribution >= 0.6 is 0 Å². The van der Waals surface area contributed by atoms with Crippen molar-refractivity contribution in [1.82, 2.24) is 20.4 Å². The first-order chi connectivity index (χ1) is 10.8. The Kier molecular flexibility index (Phi) is 3.90. The molecule has 11 nitrogen and oxygen atoms in total. The van der Waals surface area contributed by atoms with Crippen LogP contribution in [0.15, 0.2) is 0 Å². The number of piperidine rings is 1. The molecular formula is C11H16N4O7S. The van der Waals surface area contributed by atoms with E-state index in [-0.39, 0.29) is 12.5 Å². The molecule has 3 saturated heterocycles. The van der Waals surface area contributed by atoms with Crippen LogP contribution in [0.1, 0.15) is 25.7 Å². The molecule has 2 bridgehead atoms. The van der Waals surface area contributed by atoms with Crippen molar-refractivity contribution < 1.29 is 31.6 Å². The van der Waals surface area contributed by atoms with Gasteiger partial charge in [0.05, 0.1) is 6.04 Å². The summed E-state index contributed by atoms with van der Waals surface area (Å²) in [5.74, 6) is -0.683. The topological polar surface area (TPSA) is 137 Å². The fourth-order valence-corrected chi connectivity index (χ4v) is 3.47. The summed E-state index contributed by atoms with van der Waals surface area (Å²) >= 11 is 0. The Labute approximate surface area is 132 Å². The number of nitrogens with one attached hydrogen (secondary N) is 1. The Balaban J connectivity index is 1.68. The minimum atomic E-state index is -4.82. The molecule has 0 radical (unpaired) electrons. The molecule has 0 aliphatic carbocycles. The lowest BCUT2D eigenvalue weighted by Gasteiger charge is -2.30.